The fourth-order valence-electron chi connectivity index (χ4n) is 12.4. The van der Waals surface area contributed by atoms with Gasteiger partial charge in [0.1, 0.15) is 146 Å². The lowest BCUT2D eigenvalue weighted by atomic mass is 9.94. The van der Waals surface area contributed by atoms with E-state index in [1.165, 1.54) is 107 Å². The molecule has 0 aromatic heterocycles. The Kier molecular flexibility index (Phi) is 26.7. The highest BCUT2D eigenvalue weighted by Crippen LogP contribution is 2.42. The van der Waals surface area contributed by atoms with Crippen LogP contribution >= 0.6 is 0 Å². The molecule has 0 radical (unpaired) electrons. The molecule has 0 amide bonds. The van der Waals surface area contributed by atoms with Gasteiger partial charge in [-0.3, -0.25) is 0 Å². The quantitative estimate of drug-likeness (QED) is 0.101. The van der Waals surface area contributed by atoms with Crippen molar-refractivity contribution in [3.05, 3.63) is 0 Å². The average Bonchev–Trinajstić information content (AvgIpc) is 3.64. The van der Waals surface area contributed by atoms with Crippen LogP contribution in [-0.4, -0.2) is 330 Å². The van der Waals surface area contributed by atoms with E-state index in [-0.39, 0.29) is 39.5 Å². The second-order valence-corrected chi connectivity index (χ2v) is 20.3. The molecule has 22 aliphatic heterocycles. The maximum atomic E-state index is 6.91. The highest BCUT2D eigenvalue weighted by molar-refractivity contribution is 5.03. The maximum absolute atomic E-state index is 6.91. The zero-order chi connectivity index (χ0) is 58.7. The zero-order valence-electron chi connectivity index (χ0n) is 49.3. The van der Waals surface area contributed by atoms with Crippen LogP contribution in [0.4, 0.5) is 0 Å². The van der Waals surface area contributed by atoms with Crippen molar-refractivity contribution in [2.75, 3.05) is 146 Å². The Hall–Kier alpha value is -1.20. The van der Waals surface area contributed by atoms with Gasteiger partial charge < -0.3 is 145 Å². The fourth-order valence-corrected chi connectivity index (χ4v) is 12.4. The lowest BCUT2D eigenvalue weighted by molar-refractivity contribution is -0.407. The second kappa shape index (κ2) is 32.2. The third kappa shape index (κ3) is 14.1. The second-order valence-electron chi connectivity index (χ2n) is 20.3. The summed E-state index contributed by atoms with van der Waals surface area (Å²) in [6.07, 6.45) is -29.6. The normalized spacial score (nSPS) is 47.3. The van der Waals surface area contributed by atoms with E-state index in [1.54, 1.807) is 0 Å². The lowest BCUT2D eigenvalue weighted by Gasteiger charge is -2.53. The molecule has 0 aromatic rings. The summed E-state index contributed by atoms with van der Waals surface area (Å²) in [6, 6.07) is 0. The molecular formula is C51H93N3O27. The van der Waals surface area contributed by atoms with Gasteiger partial charge in [0.2, 0.25) is 0 Å². The Morgan fingerprint density at radius 1 is 0.210 bits per heavy atom. The smallest absolute Gasteiger partial charge is 0.187 e. The summed E-state index contributed by atoms with van der Waals surface area (Å²) in [5.41, 5.74) is 19.6. The maximum Gasteiger partial charge on any atom is 0.187 e. The topological polar surface area (TPSA) is 327 Å². The molecule has 12 bridgehead atoms. The van der Waals surface area contributed by atoms with Gasteiger partial charge in [-0.2, -0.15) is 0 Å². The molecule has 30 nitrogen and oxygen atoms in total. The number of hydrogen-bond donors (Lipinski definition) is 3. The molecule has 81 heavy (non-hydrogen) atoms. The number of nitrogens with two attached hydrogens (primary N) is 3. The van der Waals surface area contributed by atoms with Crippen molar-refractivity contribution in [2.24, 2.45) is 17.2 Å². The van der Waals surface area contributed by atoms with E-state index in [9.17, 15) is 0 Å². The molecule has 22 heterocycles. The van der Waals surface area contributed by atoms with Crippen LogP contribution < -0.4 is 17.2 Å². The van der Waals surface area contributed by atoms with Crippen LogP contribution in [0.1, 0.15) is 0 Å². The molecule has 30 heteroatoms. The van der Waals surface area contributed by atoms with Crippen LogP contribution in [0.5, 0.6) is 0 Å². The van der Waals surface area contributed by atoms with Crippen LogP contribution in [-0.2, 0) is 128 Å². The summed E-state index contributed by atoms with van der Waals surface area (Å²) in [4.78, 5) is 0. The number of rotatable bonds is 21. The van der Waals surface area contributed by atoms with E-state index in [4.69, 9.17) is 145 Å². The van der Waals surface area contributed by atoms with Crippen LogP contribution in [0.15, 0.2) is 0 Å². The SMILES string of the molecule is COC[C@H]1O[C@@H]2O[C@H]3[C@H](OC)[C@@H](OC)[C@@H](O[C@H]4[C@H](OC)[C@@H](OC)[C@@H](O[C@H]5[C@H](OC)[C@@H](OC)[C@@H](O[C@H]6[C@H](OC)[C@@H](OC)[C@@H](O[C@H]7[C@H](OC)[C@@H](OC)[C@@H](O[C@H]1[C@H](OC)[C@H]2OC)O[C@@H]7CN)O[C@@H]6COC)O[C@@H]5CN)O[C@@H]4COC)O[C@@H]3CN. The van der Waals surface area contributed by atoms with Gasteiger partial charge in [-0.25, -0.2) is 0 Å². The van der Waals surface area contributed by atoms with E-state index < -0.39 is 184 Å². The molecule has 474 valence electrons. The molecule has 0 aliphatic carbocycles. The Balaban J connectivity index is 1.33. The minimum Gasteiger partial charge on any atom is -0.382 e. The molecule has 6 N–H and O–H groups in total. The molecule has 0 saturated carbocycles. The molecule has 22 rings (SSSR count). The number of methoxy groups -OCH3 is 15. The van der Waals surface area contributed by atoms with E-state index in [0.717, 1.165) is 0 Å². The van der Waals surface area contributed by atoms with Gasteiger partial charge in [-0.15, -0.1) is 0 Å². The van der Waals surface area contributed by atoms with Crippen LogP contribution in [0, 0.1) is 0 Å². The molecule has 22 saturated heterocycles. The molecular weight excluding hydrogens is 1090 g/mol. The van der Waals surface area contributed by atoms with Gasteiger partial charge in [-0.1, -0.05) is 0 Å². The standard InChI is InChI=1S/C51H93N3O27/c1-55-19-25-31-37(61-7)43(67-13)49(73-25)76-28-22(16-52)71-47(41(65-11)34(28)58-4)80-32-26(20-56-2)75-51(45(69-15)38(32)62-8)78-30-24(18-54)72-48(42(66-12)36(30)60-6)81-33-27(21-57-3)74-50(44(68-14)39(33)63-9)77-29-23(17-53)70-46(79-31)40(64-10)35(29)59-5/h22-51H,16-21,52-54H2,1-15H3/t22-,23-,24-,25-,26-,27-,28-,29-,30-,31-,32-,33-,34+,35+,36+,37+,38+,39+,40-,41-,42-,43-,44-,45-,46-,47-,48-,49-,50-,51-/m1/s1. The summed E-state index contributed by atoms with van der Waals surface area (Å²) >= 11 is 0. The molecule has 22 aliphatic rings. The molecule has 0 aromatic carbocycles. The minimum absolute atomic E-state index is 0.0104. The zero-order valence-corrected chi connectivity index (χ0v) is 49.3. The first-order valence-electron chi connectivity index (χ1n) is 27.1. The summed E-state index contributed by atoms with van der Waals surface area (Å²) < 4.78 is 173. The molecule has 22 fully saturated rings. The largest absolute Gasteiger partial charge is 0.382 e. The fraction of sp³-hybridized carbons (Fsp3) is 1.00. The first kappa shape index (κ1) is 67.3. The Bertz CT molecular complexity index is 1600. The summed E-state index contributed by atoms with van der Waals surface area (Å²) in [5.74, 6) is 0. The van der Waals surface area contributed by atoms with Crippen molar-refractivity contribution in [3.8, 4) is 0 Å². The van der Waals surface area contributed by atoms with Gasteiger partial charge in [0, 0.05) is 126 Å². The molecule has 0 unspecified atom stereocenters. The highest BCUT2D eigenvalue weighted by atomic mass is 16.8. The Morgan fingerprint density at radius 3 is 0.494 bits per heavy atom. The number of hydrogen-bond acceptors (Lipinski definition) is 30. The first-order chi connectivity index (χ1) is 39.4. The van der Waals surface area contributed by atoms with Gasteiger partial charge in [0.05, 0.1) is 19.8 Å². The third-order valence-corrected chi connectivity index (χ3v) is 16.3. The van der Waals surface area contributed by atoms with Gasteiger partial charge >= 0.3 is 0 Å². The average molecular weight is 1180 g/mol. The van der Waals surface area contributed by atoms with E-state index in [1.807, 2.05) is 0 Å². The monoisotopic (exact) mass is 1180 g/mol. The van der Waals surface area contributed by atoms with Crippen molar-refractivity contribution < 1.29 is 128 Å². The van der Waals surface area contributed by atoms with E-state index >= 15 is 0 Å². The molecule has 0 spiro atoms. The van der Waals surface area contributed by atoms with Crippen molar-refractivity contribution in [2.45, 2.75) is 184 Å². The predicted molar refractivity (Wildman–Crippen MR) is 274 cm³/mol. The predicted octanol–water partition coefficient (Wildman–Crippen LogP) is -3.34. The minimum atomic E-state index is -1.18. The lowest BCUT2D eigenvalue weighted by Crippen LogP contribution is -2.70. The van der Waals surface area contributed by atoms with Gasteiger partial charge in [-0.05, 0) is 0 Å². The summed E-state index contributed by atoms with van der Waals surface area (Å²) in [6.45, 7) is -0.265. The van der Waals surface area contributed by atoms with Crippen molar-refractivity contribution in [3.63, 3.8) is 0 Å². The van der Waals surface area contributed by atoms with Crippen LogP contribution in [0.3, 0.4) is 0 Å². The first-order valence-corrected chi connectivity index (χ1v) is 27.1. The van der Waals surface area contributed by atoms with Crippen molar-refractivity contribution >= 4 is 0 Å². The summed E-state index contributed by atoms with van der Waals surface area (Å²) in [5, 5.41) is 0. The van der Waals surface area contributed by atoms with Crippen molar-refractivity contribution in [1.82, 2.24) is 0 Å². The molecule has 30 atom stereocenters. The summed E-state index contributed by atoms with van der Waals surface area (Å²) in [7, 11) is 22.6. The number of ether oxygens (including phenoxy) is 27. The third-order valence-electron chi connectivity index (χ3n) is 16.3. The van der Waals surface area contributed by atoms with Crippen LogP contribution in [0.2, 0.25) is 0 Å². The van der Waals surface area contributed by atoms with Gasteiger partial charge in [0.15, 0.2) is 37.7 Å². The van der Waals surface area contributed by atoms with E-state index in [2.05, 4.69) is 0 Å². The Morgan fingerprint density at radius 2 is 0.358 bits per heavy atom. The van der Waals surface area contributed by atoms with Crippen LogP contribution in [0.25, 0.3) is 0 Å². The van der Waals surface area contributed by atoms with E-state index in [0.29, 0.717) is 0 Å². The van der Waals surface area contributed by atoms with Gasteiger partial charge in [0.25, 0.3) is 0 Å². The highest BCUT2D eigenvalue weighted by Gasteiger charge is 2.61. The van der Waals surface area contributed by atoms with Crippen molar-refractivity contribution in [1.29, 1.82) is 0 Å². The Labute approximate surface area is 474 Å².